The minimum Gasteiger partial charge on any atom is -0.368 e. The first-order valence-electron chi connectivity index (χ1n) is 4.56. The zero-order valence-corrected chi connectivity index (χ0v) is 7.80. The third kappa shape index (κ3) is 2.04. The Bertz CT molecular complexity index is 418. The van der Waals surface area contributed by atoms with Crippen LogP contribution in [0.3, 0.4) is 0 Å². The zero-order chi connectivity index (χ0) is 9.64. The zero-order valence-electron chi connectivity index (χ0n) is 7.80. The van der Waals surface area contributed by atoms with Gasteiger partial charge in [0.1, 0.15) is 0 Å². The standard InChI is InChI=1S/C8H7N.C4H5N/c1-2-6-9-7-3-5-8(9)4-1;1-2-4-5-3-1/h1-7H;1-5H. The molecule has 0 unspecified atom stereocenters. The van der Waals surface area contributed by atoms with E-state index in [-0.39, 0.29) is 0 Å². The molecule has 3 heterocycles. The largest absolute Gasteiger partial charge is 0.368 e. The second kappa shape index (κ2) is 4.33. The molecule has 0 saturated heterocycles. The highest BCUT2D eigenvalue weighted by atomic mass is 14.8. The molecule has 0 aliphatic carbocycles. The average Bonchev–Trinajstić information content (AvgIpc) is 2.92. The van der Waals surface area contributed by atoms with E-state index in [1.54, 1.807) is 0 Å². The Kier molecular flexibility index (Phi) is 2.67. The summed E-state index contributed by atoms with van der Waals surface area (Å²) in [6, 6.07) is 14.2. The number of H-pyrrole nitrogens is 1. The van der Waals surface area contributed by atoms with E-state index in [1.165, 1.54) is 5.52 Å². The minimum atomic E-state index is 1.25. The van der Waals surface area contributed by atoms with Crippen LogP contribution in [0.1, 0.15) is 0 Å². The van der Waals surface area contributed by atoms with Gasteiger partial charge in [-0.1, -0.05) is 6.07 Å². The molecule has 0 atom stereocenters. The third-order valence-corrected chi connectivity index (χ3v) is 1.93. The highest BCUT2D eigenvalue weighted by Gasteiger charge is 1.83. The van der Waals surface area contributed by atoms with Gasteiger partial charge in [-0.2, -0.15) is 0 Å². The van der Waals surface area contributed by atoms with Gasteiger partial charge >= 0.3 is 0 Å². The molecule has 1 N–H and O–H groups in total. The van der Waals surface area contributed by atoms with Crippen molar-refractivity contribution in [3.63, 3.8) is 0 Å². The minimum absolute atomic E-state index is 1.25. The van der Waals surface area contributed by atoms with Crippen LogP contribution in [-0.4, -0.2) is 9.38 Å². The van der Waals surface area contributed by atoms with Crippen LogP contribution in [0.15, 0.2) is 67.3 Å². The quantitative estimate of drug-likeness (QED) is 0.554. The summed E-state index contributed by atoms with van der Waals surface area (Å²) < 4.78 is 2.08. The van der Waals surface area contributed by atoms with Crippen LogP contribution < -0.4 is 0 Å². The summed E-state index contributed by atoms with van der Waals surface area (Å²) in [6.07, 6.45) is 7.82. The van der Waals surface area contributed by atoms with Gasteiger partial charge in [-0.25, -0.2) is 0 Å². The van der Waals surface area contributed by atoms with Crippen molar-refractivity contribution in [2.75, 3.05) is 0 Å². The lowest BCUT2D eigenvalue weighted by molar-refractivity contribution is 1.20. The number of fused-ring (bicyclic) bond motifs is 1. The number of rotatable bonds is 0. The number of hydrogen-bond acceptors (Lipinski definition) is 0. The Labute approximate surface area is 82.8 Å². The molecule has 0 fully saturated rings. The average molecular weight is 184 g/mol. The lowest BCUT2D eigenvalue weighted by Crippen LogP contribution is -1.75. The lowest BCUT2D eigenvalue weighted by atomic mass is 10.4. The molecular formula is C12H12N2. The molecule has 0 aliphatic heterocycles. The molecule has 2 heteroatoms. The Morgan fingerprint density at radius 2 is 1.50 bits per heavy atom. The van der Waals surface area contributed by atoms with E-state index in [1.807, 2.05) is 55.1 Å². The van der Waals surface area contributed by atoms with Gasteiger partial charge in [0, 0.05) is 30.3 Å². The molecule has 70 valence electrons. The van der Waals surface area contributed by atoms with Gasteiger partial charge in [0.05, 0.1) is 0 Å². The fourth-order valence-corrected chi connectivity index (χ4v) is 1.26. The van der Waals surface area contributed by atoms with Crippen molar-refractivity contribution in [3.8, 4) is 0 Å². The van der Waals surface area contributed by atoms with Crippen LogP contribution in [0.4, 0.5) is 0 Å². The Morgan fingerprint density at radius 3 is 2.14 bits per heavy atom. The Hall–Kier alpha value is -1.96. The van der Waals surface area contributed by atoms with E-state index in [2.05, 4.69) is 21.5 Å². The summed E-state index contributed by atoms with van der Waals surface area (Å²) in [5, 5.41) is 0. The molecule has 2 nitrogen and oxygen atoms in total. The highest BCUT2D eigenvalue weighted by Crippen LogP contribution is 2.01. The second-order valence-electron chi connectivity index (χ2n) is 2.93. The predicted molar refractivity (Wildman–Crippen MR) is 58.2 cm³/mol. The summed E-state index contributed by atoms with van der Waals surface area (Å²) in [7, 11) is 0. The van der Waals surface area contributed by atoms with Crippen LogP contribution in [0.5, 0.6) is 0 Å². The van der Waals surface area contributed by atoms with Crippen LogP contribution in [0.2, 0.25) is 0 Å². The van der Waals surface area contributed by atoms with Crippen molar-refractivity contribution < 1.29 is 0 Å². The van der Waals surface area contributed by atoms with Crippen LogP contribution in [0, 0.1) is 0 Å². The third-order valence-electron chi connectivity index (χ3n) is 1.93. The summed E-state index contributed by atoms with van der Waals surface area (Å²) in [4.78, 5) is 2.86. The summed E-state index contributed by atoms with van der Waals surface area (Å²) in [5.41, 5.74) is 1.25. The summed E-state index contributed by atoms with van der Waals surface area (Å²) in [5.74, 6) is 0. The number of pyridine rings is 1. The molecule has 0 bridgehead atoms. The van der Waals surface area contributed by atoms with Gasteiger partial charge in [0.25, 0.3) is 0 Å². The van der Waals surface area contributed by atoms with E-state index in [4.69, 9.17) is 0 Å². The number of aromatic nitrogens is 2. The number of nitrogens with zero attached hydrogens (tertiary/aromatic N) is 1. The topological polar surface area (TPSA) is 20.2 Å². The molecule has 14 heavy (non-hydrogen) atoms. The molecule has 0 aromatic carbocycles. The van der Waals surface area contributed by atoms with Crippen molar-refractivity contribution in [3.05, 3.63) is 67.3 Å². The van der Waals surface area contributed by atoms with Gasteiger partial charge in [0.15, 0.2) is 0 Å². The molecule has 3 aromatic rings. The molecule has 0 saturated carbocycles. The maximum Gasteiger partial charge on any atom is 0.0449 e. The van der Waals surface area contributed by atoms with E-state index < -0.39 is 0 Å². The summed E-state index contributed by atoms with van der Waals surface area (Å²) in [6.45, 7) is 0. The number of hydrogen-bond donors (Lipinski definition) is 1. The molecular weight excluding hydrogens is 172 g/mol. The van der Waals surface area contributed by atoms with Crippen molar-refractivity contribution in [2.45, 2.75) is 0 Å². The normalized spacial score (nSPS) is 9.43. The van der Waals surface area contributed by atoms with E-state index >= 15 is 0 Å². The van der Waals surface area contributed by atoms with E-state index in [9.17, 15) is 0 Å². The Balaban J connectivity index is 0.000000128. The molecule has 0 aliphatic rings. The maximum absolute atomic E-state index is 2.86. The molecule has 3 aromatic heterocycles. The molecule has 0 radical (unpaired) electrons. The summed E-state index contributed by atoms with van der Waals surface area (Å²) >= 11 is 0. The first-order chi connectivity index (χ1) is 6.97. The van der Waals surface area contributed by atoms with Gasteiger partial charge < -0.3 is 9.38 Å². The molecule has 3 rings (SSSR count). The smallest absolute Gasteiger partial charge is 0.0449 e. The van der Waals surface area contributed by atoms with Crippen LogP contribution in [-0.2, 0) is 0 Å². The van der Waals surface area contributed by atoms with Crippen LogP contribution in [0.25, 0.3) is 5.52 Å². The second-order valence-corrected chi connectivity index (χ2v) is 2.93. The number of nitrogens with one attached hydrogen (secondary N) is 1. The van der Waals surface area contributed by atoms with Crippen LogP contribution >= 0.6 is 0 Å². The molecule has 0 amide bonds. The van der Waals surface area contributed by atoms with Gasteiger partial charge in [-0.15, -0.1) is 0 Å². The monoisotopic (exact) mass is 184 g/mol. The van der Waals surface area contributed by atoms with Crippen molar-refractivity contribution >= 4 is 5.52 Å². The van der Waals surface area contributed by atoms with Crippen molar-refractivity contribution in [1.82, 2.24) is 9.38 Å². The van der Waals surface area contributed by atoms with Crippen molar-refractivity contribution in [2.24, 2.45) is 0 Å². The van der Waals surface area contributed by atoms with Gasteiger partial charge in [-0.05, 0) is 36.4 Å². The SMILES string of the molecule is c1cc[nH]c1.c1ccn2cccc2c1. The lowest BCUT2D eigenvalue weighted by Gasteiger charge is -1.88. The fourth-order valence-electron chi connectivity index (χ4n) is 1.26. The predicted octanol–water partition coefficient (Wildman–Crippen LogP) is 2.95. The van der Waals surface area contributed by atoms with Gasteiger partial charge in [-0.3, -0.25) is 0 Å². The Morgan fingerprint density at radius 1 is 0.786 bits per heavy atom. The fraction of sp³-hybridized carbons (Fsp3) is 0. The first-order valence-corrected chi connectivity index (χ1v) is 4.56. The van der Waals surface area contributed by atoms with E-state index in [0.717, 1.165) is 0 Å². The van der Waals surface area contributed by atoms with Gasteiger partial charge in [0.2, 0.25) is 0 Å². The maximum atomic E-state index is 2.86. The number of aromatic amines is 1. The first kappa shape index (κ1) is 8.63. The van der Waals surface area contributed by atoms with Crippen molar-refractivity contribution in [1.29, 1.82) is 0 Å². The molecule has 0 spiro atoms. The highest BCUT2D eigenvalue weighted by molar-refractivity contribution is 5.46. The van der Waals surface area contributed by atoms with E-state index in [0.29, 0.717) is 0 Å².